The average Bonchev–Trinajstić information content (AvgIpc) is 2.46. The Morgan fingerprint density at radius 2 is 2.10 bits per heavy atom. The highest BCUT2D eigenvalue weighted by Gasteiger charge is 2.33. The van der Waals surface area contributed by atoms with E-state index >= 15 is 0 Å². The molecule has 0 saturated carbocycles. The number of rotatable bonds is 5. The van der Waals surface area contributed by atoms with Crippen LogP contribution in [-0.4, -0.2) is 23.6 Å². The number of benzene rings is 1. The van der Waals surface area contributed by atoms with Gasteiger partial charge in [0.15, 0.2) is 0 Å². The standard InChI is InChI=1S/C17H22N2O2/c1-5-10-17(3,16(20)21-4)19-15-11-12(2)18-14-9-7-6-8-13(14)15/h6-9,11H,5,10H2,1-4H3,(H,18,19). The first kappa shape index (κ1) is 15.3. The monoisotopic (exact) mass is 286 g/mol. The molecule has 0 aliphatic rings. The maximum Gasteiger partial charge on any atom is 0.331 e. The molecule has 21 heavy (non-hydrogen) atoms. The van der Waals surface area contributed by atoms with Gasteiger partial charge in [0.2, 0.25) is 0 Å². The van der Waals surface area contributed by atoms with Crippen molar-refractivity contribution >= 4 is 22.6 Å². The SMILES string of the molecule is CCCC(C)(Nc1cc(C)nc2ccccc12)C(=O)OC. The lowest BCUT2D eigenvalue weighted by atomic mass is 9.95. The quantitative estimate of drug-likeness (QED) is 0.852. The van der Waals surface area contributed by atoms with E-state index in [1.165, 1.54) is 7.11 Å². The average molecular weight is 286 g/mol. The summed E-state index contributed by atoms with van der Waals surface area (Å²) in [6.07, 6.45) is 1.59. The van der Waals surface area contributed by atoms with Crippen LogP contribution >= 0.6 is 0 Å². The summed E-state index contributed by atoms with van der Waals surface area (Å²) in [6.45, 7) is 5.89. The summed E-state index contributed by atoms with van der Waals surface area (Å²) >= 11 is 0. The van der Waals surface area contributed by atoms with E-state index < -0.39 is 5.54 Å². The number of para-hydroxylation sites is 1. The molecule has 1 unspecified atom stereocenters. The smallest absolute Gasteiger partial charge is 0.331 e. The Morgan fingerprint density at radius 3 is 2.76 bits per heavy atom. The van der Waals surface area contributed by atoms with E-state index in [0.717, 1.165) is 28.7 Å². The van der Waals surface area contributed by atoms with Crippen molar-refractivity contribution < 1.29 is 9.53 Å². The largest absolute Gasteiger partial charge is 0.467 e. The molecule has 112 valence electrons. The fourth-order valence-corrected chi connectivity index (χ4v) is 2.65. The number of aryl methyl sites for hydroxylation is 1. The number of nitrogens with one attached hydrogen (secondary N) is 1. The number of nitrogens with zero attached hydrogens (tertiary/aromatic N) is 1. The number of fused-ring (bicyclic) bond motifs is 1. The molecule has 1 atom stereocenters. The van der Waals surface area contributed by atoms with Gasteiger partial charge in [-0.15, -0.1) is 0 Å². The summed E-state index contributed by atoms with van der Waals surface area (Å²) in [5.41, 5.74) is 2.02. The van der Waals surface area contributed by atoms with E-state index in [9.17, 15) is 4.79 Å². The fourth-order valence-electron chi connectivity index (χ4n) is 2.65. The number of hydrogen-bond donors (Lipinski definition) is 1. The van der Waals surface area contributed by atoms with Crippen LogP contribution in [0.3, 0.4) is 0 Å². The molecule has 0 aliphatic carbocycles. The summed E-state index contributed by atoms with van der Waals surface area (Å²) in [5.74, 6) is -0.247. The van der Waals surface area contributed by atoms with Gasteiger partial charge in [0.1, 0.15) is 5.54 Å². The molecule has 0 fully saturated rings. The number of aromatic nitrogens is 1. The Morgan fingerprint density at radius 1 is 1.38 bits per heavy atom. The molecule has 1 N–H and O–H groups in total. The van der Waals surface area contributed by atoms with Gasteiger partial charge in [-0.3, -0.25) is 4.98 Å². The highest BCUT2D eigenvalue weighted by atomic mass is 16.5. The third kappa shape index (κ3) is 3.15. The molecule has 0 radical (unpaired) electrons. The van der Waals surface area contributed by atoms with Gasteiger partial charge >= 0.3 is 5.97 Å². The van der Waals surface area contributed by atoms with Crippen LogP contribution in [0.2, 0.25) is 0 Å². The van der Waals surface area contributed by atoms with Crippen LogP contribution in [0.25, 0.3) is 10.9 Å². The van der Waals surface area contributed by atoms with Crippen molar-refractivity contribution in [2.75, 3.05) is 12.4 Å². The highest BCUT2D eigenvalue weighted by molar-refractivity contribution is 5.94. The number of anilines is 1. The molecule has 4 heteroatoms. The number of hydrogen-bond acceptors (Lipinski definition) is 4. The number of pyridine rings is 1. The normalized spacial score (nSPS) is 13.7. The molecule has 2 aromatic rings. The summed E-state index contributed by atoms with van der Waals surface area (Å²) in [6, 6.07) is 9.89. The number of ether oxygens (including phenoxy) is 1. The van der Waals surface area contributed by atoms with Crippen molar-refractivity contribution in [1.29, 1.82) is 0 Å². The number of carbonyl (C=O) groups is 1. The maximum absolute atomic E-state index is 12.1. The Bertz CT molecular complexity index is 654. The fraction of sp³-hybridized carbons (Fsp3) is 0.412. The molecule has 0 spiro atoms. The van der Waals surface area contributed by atoms with E-state index in [-0.39, 0.29) is 5.97 Å². The third-order valence-corrected chi connectivity index (χ3v) is 3.64. The van der Waals surface area contributed by atoms with E-state index in [0.29, 0.717) is 6.42 Å². The molecular formula is C17H22N2O2. The van der Waals surface area contributed by atoms with Gasteiger partial charge < -0.3 is 10.1 Å². The first-order valence-electron chi connectivity index (χ1n) is 7.23. The second kappa shape index (κ2) is 6.12. The second-order valence-electron chi connectivity index (χ2n) is 5.53. The third-order valence-electron chi connectivity index (χ3n) is 3.64. The second-order valence-corrected chi connectivity index (χ2v) is 5.53. The van der Waals surface area contributed by atoms with Crippen LogP contribution in [-0.2, 0) is 9.53 Å². The molecule has 1 heterocycles. The van der Waals surface area contributed by atoms with Crippen molar-refractivity contribution in [2.45, 2.75) is 39.2 Å². The molecule has 0 aliphatic heterocycles. The van der Waals surface area contributed by atoms with Crippen molar-refractivity contribution in [3.05, 3.63) is 36.0 Å². The minimum absolute atomic E-state index is 0.247. The van der Waals surface area contributed by atoms with Crippen LogP contribution in [0.5, 0.6) is 0 Å². The molecule has 0 saturated heterocycles. The van der Waals surface area contributed by atoms with Gasteiger partial charge in [0.05, 0.1) is 12.6 Å². The highest BCUT2D eigenvalue weighted by Crippen LogP contribution is 2.28. The lowest BCUT2D eigenvalue weighted by Crippen LogP contribution is -2.44. The van der Waals surface area contributed by atoms with Crippen molar-refractivity contribution in [2.24, 2.45) is 0 Å². The topological polar surface area (TPSA) is 51.2 Å². The van der Waals surface area contributed by atoms with Gasteiger partial charge in [-0.2, -0.15) is 0 Å². The van der Waals surface area contributed by atoms with E-state index in [4.69, 9.17) is 4.74 Å². The minimum Gasteiger partial charge on any atom is -0.467 e. The molecule has 4 nitrogen and oxygen atoms in total. The van der Waals surface area contributed by atoms with Crippen LogP contribution in [0.4, 0.5) is 5.69 Å². The zero-order valence-corrected chi connectivity index (χ0v) is 13.1. The van der Waals surface area contributed by atoms with Crippen molar-refractivity contribution in [1.82, 2.24) is 4.98 Å². The number of esters is 1. The van der Waals surface area contributed by atoms with Crippen molar-refractivity contribution in [3.8, 4) is 0 Å². The van der Waals surface area contributed by atoms with Crippen LogP contribution < -0.4 is 5.32 Å². The summed E-state index contributed by atoms with van der Waals surface area (Å²) in [7, 11) is 1.42. The number of methoxy groups -OCH3 is 1. The molecule has 1 aromatic carbocycles. The van der Waals surface area contributed by atoms with E-state index in [1.807, 2.05) is 44.2 Å². The molecule has 0 amide bonds. The van der Waals surface area contributed by atoms with E-state index in [1.54, 1.807) is 0 Å². The van der Waals surface area contributed by atoms with Gasteiger partial charge in [-0.1, -0.05) is 31.5 Å². The summed E-state index contributed by atoms with van der Waals surface area (Å²) in [5, 5.41) is 4.38. The Hall–Kier alpha value is -2.10. The minimum atomic E-state index is -0.736. The summed E-state index contributed by atoms with van der Waals surface area (Å²) in [4.78, 5) is 16.7. The lowest BCUT2D eigenvalue weighted by Gasteiger charge is -2.29. The van der Waals surface area contributed by atoms with Crippen LogP contribution in [0.15, 0.2) is 30.3 Å². The maximum atomic E-state index is 12.1. The predicted molar refractivity (Wildman–Crippen MR) is 85.4 cm³/mol. The molecule has 2 rings (SSSR count). The van der Waals surface area contributed by atoms with Gasteiger partial charge in [-0.25, -0.2) is 4.79 Å². The van der Waals surface area contributed by atoms with E-state index in [2.05, 4.69) is 17.2 Å². The van der Waals surface area contributed by atoms with Crippen LogP contribution in [0.1, 0.15) is 32.4 Å². The van der Waals surface area contributed by atoms with Gasteiger partial charge in [0.25, 0.3) is 0 Å². The van der Waals surface area contributed by atoms with Crippen LogP contribution in [0, 0.1) is 6.92 Å². The lowest BCUT2D eigenvalue weighted by molar-refractivity contribution is -0.145. The van der Waals surface area contributed by atoms with Crippen molar-refractivity contribution in [3.63, 3.8) is 0 Å². The number of carbonyl (C=O) groups excluding carboxylic acids is 1. The molecule has 0 bridgehead atoms. The zero-order chi connectivity index (χ0) is 15.5. The first-order valence-corrected chi connectivity index (χ1v) is 7.23. The molecule has 1 aromatic heterocycles. The Kier molecular flexibility index (Phi) is 4.46. The Balaban J connectivity index is 2.48. The zero-order valence-electron chi connectivity index (χ0n) is 13.1. The summed E-state index contributed by atoms with van der Waals surface area (Å²) < 4.78 is 4.97. The van der Waals surface area contributed by atoms with Gasteiger partial charge in [-0.05, 0) is 32.4 Å². The predicted octanol–water partition coefficient (Wildman–Crippen LogP) is 3.69. The molecular weight excluding hydrogens is 264 g/mol. The Labute approximate surface area is 125 Å². The van der Waals surface area contributed by atoms with Gasteiger partial charge in [0, 0.05) is 16.8 Å². The first-order chi connectivity index (χ1) is 10.00.